The summed E-state index contributed by atoms with van der Waals surface area (Å²) in [7, 11) is 0. The molecule has 0 bridgehead atoms. The number of amides is 1. The van der Waals surface area contributed by atoms with Gasteiger partial charge in [0, 0.05) is 11.9 Å². The van der Waals surface area contributed by atoms with Gasteiger partial charge in [0.15, 0.2) is 6.29 Å². The number of para-hydroxylation sites is 1. The van der Waals surface area contributed by atoms with Gasteiger partial charge in [0.1, 0.15) is 5.69 Å². The van der Waals surface area contributed by atoms with E-state index in [9.17, 15) is 9.59 Å². The van der Waals surface area contributed by atoms with E-state index in [0.717, 1.165) is 16.8 Å². The second-order valence-corrected chi connectivity index (χ2v) is 4.27. The van der Waals surface area contributed by atoms with Crippen LogP contribution in [0.5, 0.6) is 0 Å². The van der Waals surface area contributed by atoms with Gasteiger partial charge in [-0.1, -0.05) is 18.2 Å². The van der Waals surface area contributed by atoms with E-state index in [4.69, 9.17) is 0 Å². The van der Waals surface area contributed by atoms with E-state index < -0.39 is 0 Å². The lowest BCUT2D eigenvalue weighted by molar-refractivity contribution is 0.101. The van der Waals surface area contributed by atoms with Crippen LogP contribution in [0.25, 0.3) is 0 Å². The molecule has 2 rings (SSSR count). The topological polar surface area (TPSA) is 59.1 Å². The van der Waals surface area contributed by atoms with Crippen LogP contribution in [0.3, 0.4) is 0 Å². The lowest BCUT2D eigenvalue weighted by Gasteiger charge is -2.10. The maximum absolute atomic E-state index is 12.3. The molecule has 0 saturated heterocycles. The van der Waals surface area contributed by atoms with Gasteiger partial charge in [0.25, 0.3) is 5.91 Å². The number of aromatic nitrogens is 1. The Hall–Kier alpha value is -2.49. The molecule has 1 N–H and O–H groups in total. The van der Waals surface area contributed by atoms with Crippen LogP contribution in [0.1, 0.15) is 32.0 Å². The molecule has 2 aromatic rings. The number of hydrogen-bond donors (Lipinski definition) is 1. The maximum atomic E-state index is 12.3. The number of anilines is 1. The molecule has 0 spiro atoms. The molecule has 0 atom stereocenters. The third-order valence-corrected chi connectivity index (χ3v) is 2.92. The molecule has 4 nitrogen and oxygen atoms in total. The minimum Gasteiger partial charge on any atom is -0.322 e. The first-order valence-electron chi connectivity index (χ1n) is 5.91. The molecule has 1 aromatic heterocycles. The molecule has 0 saturated carbocycles. The Morgan fingerprint density at radius 3 is 2.58 bits per heavy atom. The highest BCUT2D eigenvalue weighted by Crippen LogP contribution is 2.17. The van der Waals surface area contributed by atoms with Crippen molar-refractivity contribution in [3.8, 4) is 0 Å². The first-order chi connectivity index (χ1) is 9.13. The summed E-state index contributed by atoms with van der Waals surface area (Å²) in [6, 6.07) is 9.18. The minimum absolute atomic E-state index is 0.158. The number of carbonyl (C=O) groups excluding carboxylic acids is 2. The molecule has 0 radical (unpaired) electrons. The Labute approximate surface area is 111 Å². The SMILES string of the molecule is Cc1ccccc1NC(=O)c1c(C)ccnc1C=O. The van der Waals surface area contributed by atoms with Crippen molar-refractivity contribution in [2.45, 2.75) is 13.8 Å². The van der Waals surface area contributed by atoms with E-state index in [0.29, 0.717) is 11.8 Å². The van der Waals surface area contributed by atoms with Crippen LogP contribution in [-0.2, 0) is 0 Å². The number of hydrogen-bond acceptors (Lipinski definition) is 3. The van der Waals surface area contributed by atoms with E-state index in [1.807, 2.05) is 31.2 Å². The molecule has 0 aliphatic rings. The normalized spacial score (nSPS) is 10.0. The molecule has 0 aliphatic heterocycles. The van der Waals surface area contributed by atoms with Gasteiger partial charge in [-0.2, -0.15) is 0 Å². The zero-order valence-electron chi connectivity index (χ0n) is 10.8. The molecule has 4 heteroatoms. The van der Waals surface area contributed by atoms with Crippen molar-refractivity contribution in [3.05, 3.63) is 58.9 Å². The fourth-order valence-electron chi connectivity index (χ4n) is 1.86. The standard InChI is InChI=1S/C15H14N2O2/c1-10-5-3-4-6-12(10)17-15(19)14-11(2)7-8-16-13(14)9-18/h3-9H,1-2H3,(H,17,19). The number of benzene rings is 1. The molecule has 1 amide bonds. The van der Waals surface area contributed by atoms with Crippen molar-refractivity contribution in [1.29, 1.82) is 0 Å². The van der Waals surface area contributed by atoms with Crippen LogP contribution < -0.4 is 5.32 Å². The number of aldehydes is 1. The predicted octanol–water partition coefficient (Wildman–Crippen LogP) is 2.76. The molecule has 96 valence electrons. The first-order valence-corrected chi connectivity index (χ1v) is 5.91. The lowest BCUT2D eigenvalue weighted by Crippen LogP contribution is -2.17. The molecular weight excluding hydrogens is 240 g/mol. The van der Waals surface area contributed by atoms with Gasteiger partial charge < -0.3 is 5.32 Å². The van der Waals surface area contributed by atoms with Crippen molar-refractivity contribution in [2.24, 2.45) is 0 Å². The monoisotopic (exact) mass is 254 g/mol. The Bertz CT molecular complexity index is 636. The summed E-state index contributed by atoms with van der Waals surface area (Å²) < 4.78 is 0. The van der Waals surface area contributed by atoms with Crippen molar-refractivity contribution in [2.75, 3.05) is 5.32 Å². The van der Waals surface area contributed by atoms with Gasteiger partial charge in [-0.15, -0.1) is 0 Å². The predicted molar refractivity (Wildman–Crippen MR) is 73.5 cm³/mol. The minimum atomic E-state index is -0.318. The Morgan fingerprint density at radius 1 is 1.16 bits per heavy atom. The molecule has 0 aliphatic carbocycles. The fraction of sp³-hybridized carbons (Fsp3) is 0.133. The number of aryl methyl sites for hydroxylation is 2. The van der Waals surface area contributed by atoms with Crippen molar-refractivity contribution in [1.82, 2.24) is 4.98 Å². The second-order valence-electron chi connectivity index (χ2n) is 4.27. The highest BCUT2D eigenvalue weighted by Gasteiger charge is 2.15. The quantitative estimate of drug-likeness (QED) is 0.857. The summed E-state index contributed by atoms with van der Waals surface area (Å²) in [6.45, 7) is 3.69. The van der Waals surface area contributed by atoms with Gasteiger partial charge in [-0.25, -0.2) is 0 Å². The molecule has 19 heavy (non-hydrogen) atoms. The molecule has 0 unspecified atom stereocenters. The van der Waals surface area contributed by atoms with Crippen LogP contribution in [0.4, 0.5) is 5.69 Å². The van der Waals surface area contributed by atoms with Crippen LogP contribution in [0.15, 0.2) is 36.5 Å². The summed E-state index contributed by atoms with van der Waals surface area (Å²) in [5.41, 5.74) is 2.90. The number of pyridine rings is 1. The first kappa shape index (κ1) is 13.0. The van der Waals surface area contributed by atoms with E-state index in [1.165, 1.54) is 6.20 Å². The summed E-state index contributed by atoms with van der Waals surface area (Å²) >= 11 is 0. The summed E-state index contributed by atoms with van der Waals surface area (Å²) in [5, 5.41) is 2.80. The maximum Gasteiger partial charge on any atom is 0.258 e. The van der Waals surface area contributed by atoms with Gasteiger partial charge in [-0.3, -0.25) is 14.6 Å². The number of rotatable bonds is 3. The highest BCUT2D eigenvalue weighted by atomic mass is 16.2. The van der Waals surface area contributed by atoms with E-state index in [1.54, 1.807) is 13.0 Å². The largest absolute Gasteiger partial charge is 0.322 e. The van der Waals surface area contributed by atoms with Crippen LogP contribution in [-0.4, -0.2) is 17.2 Å². The smallest absolute Gasteiger partial charge is 0.258 e. The second kappa shape index (κ2) is 5.44. The third-order valence-electron chi connectivity index (χ3n) is 2.92. The Morgan fingerprint density at radius 2 is 1.89 bits per heavy atom. The number of carbonyl (C=O) groups is 2. The van der Waals surface area contributed by atoms with Crippen LogP contribution in [0.2, 0.25) is 0 Å². The molecule has 1 heterocycles. The van der Waals surface area contributed by atoms with Crippen molar-refractivity contribution >= 4 is 17.9 Å². The Kier molecular flexibility index (Phi) is 3.71. The van der Waals surface area contributed by atoms with E-state index in [-0.39, 0.29) is 11.6 Å². The summed E-state index contributed by atoms with van der Waals surface area (Å²) in [5.74, 6) is -0.318. The van der Waals surface area contributed by atoms with E-state index >= 15 is 0 Å². The lowest BCUT2D eigenvalue weighted by atomic mass is 10.1. The van der Waals surface area contributed by atoms with Crippen molar-refractivity contribution < 1.29 is 9.59 Å². The van der Waals surface area contributed by atoms with Gasteiger partial charge in [0.05, 0.1) is 5.56 Å². The third kappa shape index (κ3) is 2.68. The van der Waals surface area contributed by atoms with Crippen molar-refractivity contribution in [3.63, 3.8) is 0 Å². The van der Waals surface area contributed by atoms with Crippen LogP contribution >= 0.6 is 0 Å². The van der Waals surface area contributed by atoms with E-state index in [2.05, 4.69) is 10.3 Å². The highest BCUT2D eigenvalue weighted by molar-refractivity contribution is 6.09. The Balaban J connectivity index is 2.36. The van der Waals surface area contributed by atoms with Crippen LogP contribution in [0, 0.1) is 13.8 Å². The summed E-state index contributed by atoms with van der Waals surface area (Å²) in [4.78, 5) is 27.1. The number of nitrogens with zero attached hydrogens (tertiary/aromatic N) is 1. The van der Waals surface area contributed by atoms with Gasteiger partial charge >= 0.3 is 0 Å². The molecule has 1 aromatic carbocycles. The fourth-order valence-corrected chi connectivity index (χ4v) is 1.86. The number of nitrogens with one attached hydrogen (secondary N) is 1. The molecule has 0 fully saturated rings. The zero-order valence-corrected chi connectivity index (χ0v) is 10.8. The van der Waals surface area contributed by atoms with Gasteiger partial charge in [-0.05, 0) is 37.1 Å². The summed E-state index contributed by atoms with van der Waals surface area (Å²) in [6.07, 6.45) is 2.11. The zero-order chi connectivity index (χ0) is 13.8. The molecular formula is C15H14N2O2. The van der Waals surface area contributed by atoms with Gasteiger partial charge in [0.2, 0.25) is 0 Å². The average Bonchev–Trinajstić information content (AvgIpc) is 2.40. The average molecular weight is 254 g/mol.